The van der Waals surface area contributed by atoms with Gasteiger partial charge in [0.1, 0.15) is 0 Å². The van der Waals surface area contributed by atoms with Crippen LogP contribution in [0.25, 0.3) is 11.1 Å². The van der Waals surface area contributed by atoms with Crippen molar-refractivity contribution in [3.05, 3.63) is 51.5 Å². The van der Waals surface area contributed by atoms with Crippen molar-refractivity contribution in [2.24, 2.45) is 0 Å². The Hall–Kier alpha value is -0.890. The van der Waals surface area contributed by atoms with Crippen LogP contribution in [-0.2, 0) is 0 Å². The van der Waals surface area contributed by atoms with Crippen LogP contribution in [-0.4, -0.2) is 5.11 Å². The van der Waals surface area contributed by atoms with E-state index >= 15 is 0 Å². The van der Waals surface area contributed by atoms with Crippen molar-refractivity contribution in [3.63, 3.8) is 0 Å². The molecule has 0 heterocycles. The lowest BCUT2D eigenvalue weighted by Crippen LogP contribution is -1.83. The number of hydrogen-bond donors (Lipinski definition) is 1. The highest BCUT2D eigenvalue weighted by Crippen LogP contribution is 2.43. The first-order chi connectivity index (χ1) is 7.61. The highest BCUT2D eigenvalue weighted by Gasteiger charge is 2.15. The lowest BCUT2D eigenvalue weighted by atomic mass is 10.1. The smallest absolute Gasteiger partial charge is 0.153 e. The van der Waals surface area contributed by atoms with Gasteiger partial charge in [-0.15, -0.1) is 0 Å². The third kappa shape index (κ3) is 1.99. The zero-order valence-corrected chi connectivity index (χ0v) is 10.3. The number of benzene rings is 2. The van der Waals surface area contributed by atoms with Crippen LogP contribution in [0.15, 0.2) is 36.4 Å². The van der Waals surface area contributed by atoms with Gasteiger partial charge >= 0.3 is 0 Å². The van der Waals surface area contributed by atoms with Gasteiger partial charge in [-0.2, -0.15) is 0 Å². The van der Waals surface area contributed by atoms with Gasteiger partial charge in [-0.25, -0.2) is 0 Å². The Balaban J connectivity index is 2.71. The zero-order valence-electron chi connectivity index (χ0n) is 8.05. The van der Waals surface area contributed by atoms with Gasteiger partial charge < -0.3 is 5.11 Å². The summed E-state index contributed by atoms with van der Waals surface area (Å²) >= 11 is 17.8. The molecule has 0 aliphatic carbocycles. The highest BCUT2D eigenvalue weighted by molar-refractivity contribution is 6.43. The Bertz CT molecular complexity index is 524. The van der Waals surface area contributed by atoms with Gasteiger partial charge in [-0.3, -0.25) is 0 Å². The summed E-state index contributed by atoms with van der Waals surface area (Å²) in [6, 6.07) is 10.8. The van der Waals surface area contributed by atoms with Crippen LogP contribution in [0.2, 0.25) is 15.1 Å². The Kier molecular flexibility index (Phi) is 3.29. The Morgan fingerprint density at radius 1 is 0.875 bits per heavy atom. The molecule has 0 unspecified atom stereocenters. The molecule has 0 spiro atoms. The minimum Gasteiger partial charge on any atom is -0.505 e. The summed E-state index contributed by atoms with van der Waals surface area (Å²) in [5, 5.41) is 10.4. The first-order valence-corrected chi connectivity index (χ1v) is 5.66. The Labute approximate surface area is 108 Å². The van der Waals surface area contributed by atoms with Gasteiger partial charge in [0, 0.05) is 5.56 Å². The number of halogens is 3. The van der Waals surface area contributed by atoms with E-state index in [0.717, 1.165) is 5.56 Å². The fraction of sp³-hybridized carbons (Fsp3) is 0. The van der Waals surface area contributed by atoms with E-state index in [4.69, 9.17) is 34.8 Å². The lowest BCUT2D eigenvalue weighted by molar-refractivity contribution is 0.476. The lowest BCUT2D eigenvalue weighted by Gasteiger charge is -2.10. The maximum atomic E-state index is 9.65. The third-order valence-electron chi connectivity index (χ3n) is 2.21. The summed E-state index contributed by atoms with van der Waals surface area (Å²) in [6.45, 7) is 0. The molecule has 0 amide bonds. The molecule has 0 saturated heterocycles. The van der Waals surface area contributed by atoms with Crippen LogP contribution in [0.5, 0.6) is 5.75 Å². The van der Waals surface area contributed by atoms with Crippen molar-refractivity contribution in [2.75, 3.05) is 0 Å². The molecule has 1 N–H and O–H groups in total. The molecular weight excluding hydrogens is 266 g/mol. The van der Waals surface area contributed by atoms with E-state index in [-0.39, 0.29) is 15.8 Å². The first-order valence-electron chi connectivity index (χ1n) is 4.53. The molecule has 2 rings (SSSR count). The van der Waals surface area contributed by atoms with Crippen molar-refractivity contribution >= 4 is 34.8 Å². The summed E-state index contributed by atoms with van der Waals surface area (Å²) in [5.41, 5.74) is 1.43. The number of aromatic hydroxyl groups is 1. The molecule has 0 fully saturated rings. The van der Waals surface area contributed by atoms with Crippen LogP contribution < -0.4 is 0 Å². The molecule has 16 heavy (non-hydrogen) atoms. The second-order valence-corrected chi connectivity index (χ2v) is 4.44. The van der Waals surface area contributed by atoms with E-state index in [2.05, 4.69) is 0 Å². The van der Waals surface area contributed by atoms with Crippen LogP contribution in [0.3, 0.4) is 0 Å². The van der Waals surface area contributed by atoms with E-state index in [0.29, 0.717) is 10.6 Å². The molecule has 1 nitrogen and oxygen atoms in total. The van der Waals surface area contributed by atoms with Crippen molar-refractivity contribution in [1.29, 1.82) is 0 Å². The number of phenolic OH excluding ortho intramolecular Hbond substituents is 1. The van der Waals surface area contributed by atoms with Gasteiger partial charge in [0.2, 0.25) is 0 Å². The van der Waals surface area contributed by atoms with Crippen molar-refractivity contribution < 1.29 is 5.11 Å². The maximum absolute atomic E-state index is 9.65. The van der Waals surface area contributed by atoms with Crippen molar-refractivity contribution in [2.45, 2.75) is 0 Å². The van der Waals surface area contributed by atoms with Gasteiger partial charge in [0.15, 0.2) is 5.75 Å². The fourth-order valence-corrected chi connectivity index (χ4v) is 2.43. The Morgan fingerprint density at radius 3 is 2.12 bits per heavy atom. The first kappa shape index (κ1) is 11.6. The van der Waals surface area contributed by atoms with Crippen LogP contribution in [0.1, 0.15) is 0 Å². The van der Waals surface area contributed by atoms with Gasteiger partial charge in [-0.1, -0.05) is 65.1 Å². The molecular formula is C12H7Cl3O. The maximum Gasteiger partial charge on any atom is 0.153 e. The van der Waals surface area contributed by atoms with Gasteiger partial charge in [-0.05, 0) is 11.6 Å². The standard InChI is InChI=1S/C12H7Cl3O/c13-8-6-9(14)12(16)11(15)10(8)7-4-2-1-3-5-7/h1-6,16H. The number of rotatable bonds is 1. The molecule has 0 atom stereocenters. The molecule has 4 heteroatoms. The molecule has 0 aliphatic rings. The summed E-state index contributed by atoms with van der Waals surface area (Å²) < 4.78 is 0. The molecule has 2 aromatic carbocycles. The molecule has 0 aromatic heterocycles. The summed E-state index contributed by atoms with van der Waals surface area (Å²) in [5.74, 6) is -0.147. The second kappa shape index (κ2) is 4.54. The van der Waals surface area contributed by atoms with Gasteiger partial charge in [0.05, 0.1) is 15.1 Å². The van der Waals surface area contributed by atoms with Crippen molar-refractivity contribution in [1.82, 2.24) is 0 Å². The fourth-order valence-electron chi connectivity index (χ4n) is 1.45. The Morgan fingerprint density at radius 2 is 1.50 bits per heavy atom. The predicted octanol–water partition coefficient (Wildman–Crippen LogP) is 5.02. The topological polar surface area (TPSA) is 20.2 Å². The molecule has 0 saturated carbocycles. The molecule has 0 bridgehead atoms. The SMILES string of the molecule is Oc1c(Cl)cc(Cl)c(-c2ccccc2)c1Cl. The van der Waals surface area contributed by atoms with E-state index < -0.39 is 0 Å². The zero-order chi connectivity index (χ0) is 11.7. The van der Waals surface area contributed by atoms with E-state index in [1.807, 2.05) is 30.3 Å². The van der Waals surface area contributed by atoms with Crippen LogP contribution in [0, 0.1) is 0 Å². The summed E-state index contributed by atoms with van der Waals surface area (Å²) in [7, 11) is 0. The minimum absolute atomic E-state index is 0.147. The number of phenols is 1. The van der Waals surface area contributed by atoms with Crippen molar-refractivity contribution in [3.8, 4) is 16.9 Å². The van der Waals surface area contributed by atoms with E-state index in [1.54, 1.807) is 0 Å². The number of hydrogen-bond acceptors (Lipinski definition) is 1. The second-order valence-electron chi connectivity index (χ2n) is 3.24. The van der Waals surface area contributed by atoms with E-state index in [1.165, 1.54) is 6.07 Å². The van der Waals surface area contributed by atoms with Crippen LogP contribution >= 0.6 is 34.8 Å². The normalized spacial score (nSPS) is 10.4. The minimum atomic E-state index is -0.147. The molecule has 2 aromatic rings. The molecule has 0 radical (unpaired) electrons. The third-order valence-corrected chi connectivity index (χ3v) is 3.16. The summed E-state index contributed by atoms with van der Waals surface area (Å²) in [4.78, 5) is 0. The van der Waals surface area contributed by atoms with Gasteiger partial charge in [0.25, 0.3) is 0 Å². The van der Waals surface area contributed by atoms with E-state index in [9.17, 15) is 5.11 Å². The average molecular weight is 274 g/mol. The quantitative estimate of drug-likeness (QED) is 0.773. The highest BCUT2D eigenvalue weighted by atomic mass is 35.5. The predicted molar refractivity (Wildman–Crippen MR) is 68.6 cm³/mol. The summed E-state index contributed by atoms with van der Waals surface area (Å²) in [6.07, 6.45) is 0. The average Bonchev–Trinajstić information content (AvgIpc) is 2.28. The van der Waals surface area contributed by atoms with Crippen LogP contribution in [0.4, 0.5) is 0 Å². The largest absolute Gasteiger partial charge is 0.505 e. The molecule has 82 valence electrons. The molecule has 0 aliphatic heterocycles. The monoisotopic (exact) mass is 272 g/mol.